The summed E-state index contributed by atoms with van der Waals surface area (Å²) >= 11 is 7.92. The van der Waals surface area contributed by atoms with Crippen LogP contribution in [0.25, 0.3) is 0 Å². The summed E-state index contributed by atoms with van der Waals surface area (Å²) in [6.45, 7) is 0. The first kappa shape index (κ1) is 17.7. The molecule has 8 heteroatoms. The number of hydrogen-bond donors (Lipinski definition) is 3. The average Bonchev–Trinajstić information content (AvgIpc) is 2.40. The number of nitrogens with one attached hydrogen (secondary N) is 1. The van der Waals surface area contributed by atoms with Gasteiger partial charge in [-0.25, -0.2) is 4.79 Å². The number of aliphatic carboxylic acids is 2. The molecular formula is C13H13ClINO5. The van der Waals surface area contributed by atoms with Crippen molar-refractivity contribution in [3.05, 3.63) is 32.4 Å². The SMILES string of the molecule is O=C(O)CCC[C@@H](NC(=O)c1ccc(I)c(Cl)c1)C(=O)O. The molecule has 1 aromatic carbocycles. The molecule has 6 nitrogen and oxygen atoms in total. The first-order chi connectivity index (χ1) is 9.81. The number of benzene rings is 1. The second kappa shape index (κ2) is 8.18. The van der Waals surface area contributed by atoms with E-state index in [9.17, 15) is 14.4 Å². The molecule has 0 aliphatic heterocycles. The van der Waals surface area contributed by atoms with E-state index in [0.29, 0.717) is 5.02 Å². The number of carbonyl (C=O) groups is 3. The van der Waals surface area contributed by atoms with E-state index < -0.39 is 23.9 Å². The van der Waals surface area contributed by atoms with Gasteiger partial charge in [0, 0.05) is 15.6 Å². The van der Waals surface area contributed by atoms with Gasteiger partial charge in [-0.2, -0.15) is 0 Å². The molecule has 3 N–H and O–H groups in total. The van der Waals surface area contributed by atoms with Gasteiger partial charge in [-0.05, 0) is 53.6 Å². The number of carbonyl (C=O) groups excluding carboxylic acids is 1. The lowest BCUT2D eigenvalue weighted by Crippen LogP contribution is -2.40. The van der Waals surface area contributed by atoms with Crippen molar-refractivity contribution in [2.75, 3.05) is 0 Å². The average molecular weight is 426 g/mol. The number of carboxylic acid groups (broad SMARTS) is 2. The summed E-state index contributed by atoms with van der Waals surface area (Å²) in [7, 11) is 0. The quantitative estimate of drug-likeness (QED) is 0.582. The maximum atomic E-state index is 12.0. The smallest absolute Gasteiger partial charge is 0.326 e. The predicted octanol–water partition coefficient (Wildman–Crippen LogP) is 2.38. The zero-order valence-corrected chi connectivity index (χ0v) is 13.7. The molecule has 0 fully saturated rings. The van der Waals surface area contributed by atoms with Crippen LogP contribution in [0.1, 0.15) is 29.6 Å². The highest BCUT2D eigenvalue weighted by atomic mass is 127. The molecule has 0 unspecified atom stereocenters. The number of carboxylic acids is 2. The van der Waals surface area contributed by atoms with Crippen molar-refractivity contribution in [3.8, 4) is 0 Å². The lowest BCUT2D eigenvalue weighted by Gasteiger charge is -2.14. The zero-order valence-electron chi connectivity index (χ0n) is 10.8. The number of rotatable bonds is 7. The van der Waals surface area contributed by atoms with Gasteiger partial charge in [0.1, 0.15) is 6.04 Å². The Kier molecular flexibility index (Phi) is 6.90. The van der Waals surface area contributed by atoms with Gasteiger partial charge in [0.15, 0.2) is 0 Å². The van der Waals surface area contributed by atoms with Crippen LogP contribution in [0.4, 0.5) is 0 Å². The fraction of sp³-hybridized carbons (Fsp3) is 0.308. The Balaban J connectivity index is 2.69. The van der Waals surface area contributed by atoms with Crippen LogP contribution in [0.15, 0.2) is 18.2 Å². The molecule has 1 amide bonds. The molecule has 0 saturated heterocycles. The summed E-state index contributed by atoms with van der Waals surface area (Å²) in [5.41, 5.74) is 0.255. The molecule has 0 aliphatic carbocycles. The maximum Gasteiger partial charge on any atom is 0.326 e. The van der Waals surface area contributed by atoms with Gasteiger partial charge in [0.2, 0.25) is 0 Å². The largest absolute Gasteiger partial charge is 0.481 e. The molecular weight excluding hydrogens is 413 g/mol. The van der Waals surface area contributed by atoms with Crippen LogP contribution in [0.2, 0.25) is 5.02 Å². The molecule has 0 spiro atoms. The number of halogens is 2. The van der Waals surface area contributed by atoms with Crippen LogP contribution in [-0.2, 0) is 9.59 Å². The standard InChI is InChI=1S/C13H13ClINO5/c14-8-6-7(4-5-9(8)15)12(19)16-10(13(20)21)2-1-3-11(17)18/h4-6,10H,1-3H2,(H,16,19)(H,17,18)(H,20,21)/t10-/m1/s1. The van der Waals surface area contributed by atoms with Gasteiger partial charge in [0.25, 0.3) is 5.91 Å². The molecule has 0 aromatic heterocycles. The van der Waals surface area contributed by atoms with Gasteiger partial charge in [-0.3, -0.25) is 9.59 Å². The van der Waals surface area contributed by atoms with Crippen LogP contribution in [0, 0.1) is 3.57 Å². The number of hydrogen-bond acceptors (Lipinski definition) is 3. The first-order valence-corrected chi connectivity index (χ1v) is 7.47. The third-order valence-electron chi connectivity index (χ3n) is 2.67. The third-order valence-corrected chi connectivity index (χ3v) is 4.24. The fourth-order valence-corrected chi connectivity index (χ4v) is 2.11. The zero-order chi connectivity index (χ0) is 16.0. The van der Waals surface area contributed by atoms with Gasteiger partial charge < -0.3 is 15.5 Å². The van der Waals surface area contributed by atoms with E-state index in [4.69, 9.17) is 21.8 Å². The summed E-state index contributed by atoms with van der Waals surface area (Å²) in [4.78, 5) is 33.5. The van der Waals surface area contributed by atoms with Gasteiger partial charge in [0.05, 0.1) is 5.02 Å². The lowest BCUT2D eigenvalue weighted by molar-refractivity contribution is -0.140. The lowest BCUT2D eigenvalue weighted by atomic mass is 10.1. The Bertz CT molecular complexity index is 563. The maximum absolute atomic E-state index is 12.0. The Hall–Kier alpha value is -1.35. The highest BCUT2D eigenvalue weighted by Crippen LogP contribution is 2.19. The summed E-state index contributed by atoms with van der Waals surface area (Å²) in [6, 6.07) is 3.52. The summed E-state index contributed by atoms with van der Waals surface area (Å²) in [5.74, 6) is -2.77. The minimum absolute atomic E-state index is 0.0471. The van der Waals surface area contributed by atoms with Gasteiger partial charge >= 0.3 is 11.9 Å². The topological polar surface area (TPSA) is 104 Å². The Morgan fingerprint density at radius 3 is 2.48 bits per heavy atom. The molecule has 1 rings (SSSR count). The minimum Gasteiger partial charge on any atom is -0.481 e. The van der Waals surface area contributed by atoms with Crippen LogP contribution in [-0.4, -0.2) is 34.1 Å². The van der Waals surface area contributed by atoms with E-state index in [-0.39, 0.29) is 24.8 Å². The van der Waals surface area contributed by atoms with Crippen molar-refractivity contribution in [1.82, 2.24) is 5.32 Å². The second-order valence-corrected chi connectivity index (χ2v) is 5.85. The van der Waals surface area contributed by atoms with E-state index in [0.717, 1.165) is 3.57 Å². The molecule has 0 bridgehead atoms. The molecule has 21 heavy (non-hydrogen) atoms. The van der Waals surface area contributed by atoms with E-state index in [1.165, 1.54) is 6.07 Å². The van der Waals surface area contributed by atoms with E-state index in [2.05, 4.69) is 5.32 Å². The van der Waals surface area contributed by atoms with E-state index >= 15 is 0 Å². The van der Waals surface area contributed by atoms with E-state index in [1.54, 1.807) is 12.1 Å². The monoisotopic (exact) mass is 425 g/mol. The Labute approximate surface area is 139 Å². The van der Waals surface area contributed by atoms with Crippen LogP contribution in [0.3, 0.4) is 0 Å². The highest BCUT2D eigenvalue weighted by molar-refractivity contribution is 14.1. The highest BCUT2D eigenvalue weighted by Gasteiger charge is 2.21. The second-order valence-electron chi connectivity index (χ2n) is 4.28. The van der Waals surface area contributed by atoms with E-state index in [1.807, 2.05) is 22.6 Å². The molecule has 0 radical (unpaired) electrons. The summed E-state index contributed by atoms with van der Waals surface area (Å²) < 4.78 is 0.780. The van der Waals surface area contributed by atoms with Crippen LogP contribution in [0.5, 0.6) is 0 Å². The molecule has 0 heterocycles. The Morgan fingerprint density at radius 1 is 1.29 bits per heavy atom. The minimum atomic E-state index is -1.20. The molecule has 0 saturated carbocycles. The third kappa shape index (κ3) is 5.88. The molecule has 1 atom stereocenters. The number of amides is 1. The summed E-state index contributed by atoms with van der Waals surface area (Å²) in [6.07, 6.45) is 0.0699. The Morgan fingerprint density at radius 2 is 1.95 bits per heavy atom. The fourth-order valence-electron chi connectivity index (χ4n) is 1.59. The normalized spacial score (nSPS) is 11.7. The van der Waals surface area contributed by atoms with Crippen LogP contribution < -0.4 is 5.32 Å². The molecule has 114 valence electrons. The van der Waals surface area contributed by atoms with Crippen LogP contribution >= 0.6 is 34.2 Å². The van der Waals surface area contributed by atoms with Crippen molar-refractivity contribution in [3.63, 3.8) is 0 Å². The van der Waals surface area contributed by atoms with Gasteiger partial charge in [-0.1, -0.05) is 11.6 Å². The van der Waals surface area contributed by atoms with Crippen molar-refractivity contribution in [1.29, 1.82) is 0 Å². The molecule has 1 aromatic rings. The predicted molar refractivity (Wildman–Crippen MR) is 84.5 cm³/mol. The van der Waals surface area contributed by atoms with Crippen molar-refractivity contribution in [2.24, 2.45) is 0 Å². The van der Waals surface area contributed by atoms with Crippen molar-refractivity contribution in [2.45, 2.75) is 25.3 Å². The first-order valence-electron chi connectivity index (χ1n) is 6.01. The van der Waals surface area contributed by atoms with Crippen molar-refractivity contribution >= 4 is 52.0 Å². The van der Waals surface area contributed by atoms with Gasteiger partial charge in [-0.15, -0.1) is 0 Å². The molecule has 0 aliphatic rings. The summed E-state index contributed by atoms with van der Waals surface area (Å²) in [5, 5.41) is 20.3. The van der Waals surface area contributed by atoms with Crippen molar-refractivity contribution < 1.29 is 24.6 Å².